The van der Waals surface area contributed by atoms with Crippen LogP contribution in [-0.2, 0) is 6.42 Å². The fraction of sp³-hybridized carbons (Fsp3) is 0.308. The van der Waals surface area contributed by atoms with Crippen LogP contribution in [0, 0.1) is 13.8 Å². The van der Waals surface area contributed by atoms with E-state index in [0.29, 0.717) is 0 Å². The lowest BCUT2D eigenvalue weighted by Gasteiger charge is -2.14. The van der Waals surface area contributed by atoms with Gasteiger partial charge in [0.15, 0.2) is 0 Å². The van der Waals surface area contributed by atoms with Crippen LogP contribution in [0.5, 0.6) is 0 Å². The van der Waals surface area contributed by atoms with E-state index in [4.69, 9.17) is 5.84 Å². The van der Waals surface area contributed by atoms with Gasteiger partial charge in [0, 0.05) is 12.4 Å². The second-order valence-electron chi connectivity index (χ2n) is 4.32. The first-order chi connectivity index (χ1) is 8.20. The van der Waals surface area contributed by atoms with Crippen LogP contribution in [0.4, 0.5) is 0 Å². The molecule has 90 valence electrons. The summed E-state index contributed by atoms with van der Waals surface area (Å²) in [6.45, 7) is 4.24. The standard InChI is InChI=1S/C13H18N4/c1-9-3-4-11(7-10(9)2)8-12(17-14)13-15-5-6-16-13/h3-7,12,17H,8,14H2,1-2H3,(H,15,16). The van der Waals surface area contributed by atoms with Crippen LogP contribution in [0.2, 0.25) is 0 Å². The lowest BCUT2D eigenvalue weighted by atomic mass is 10.0. The summed E-state index contributed by atoms with van der Waals surface area (Å²) in [6.07, 6.45) is 4.37. The molecule has 1 atom stereocenters. The molecule has 0 saturated carbocycles. The van der Waals surface area contributed by atoms with Crippen LogP contribution in [0.1, 0.15) is 28.6 Å². The topological polar surface area (TPSA) is 66.7 Å². The number of hydrogen-bond acceptors (Lipinski definition) is 3. The third kappa shape index (κ3) is 2.72. The van der Waals surface area contributed by atoms with E-state index >= 15 is 0 Å². The number of aromatic amines is 1. The number of aromatic nitrogens is 2. The molecular weight excluding hydrogens is 212 g/mol. The van der Waals surface area contributed by atoms with Gasteiger partial charge in [-0.15, -0.1) is 0 Å². The van der Waals surface area contributed by atoms with Crippen molar-refractivity contribution in [2.45, 2.75) is 26.3 Å². The summed E-state index contributed by atoms with van der Waals surface area (Å²) in [4.78, 5) is 7.31. The molecule has 1 heterocycles. The maximum atomic E-state index is 5.57. The lowest BCUT2D eigenvalue weighted by Crippen LogP contribution is -2.30. The lowest BCUT2D eigenvalue weighted by molar-refractivity contribution is 0.527. The number of nitrogens with zero attached hydrogens (tertiary/aromatic N) is 1. The average Bonchev–Trinajstić information content (AvgIpc) is 2.84. The Morgan fingerprint density at radius 2 is 2.18 bits per heavy atom. The van der Waals surface area contributed by atoms with Crippen molar-refractivity contribution in [1.29, 1.82) is 0 Å². The van der Waals surface area contributed by atoms with Gasteiger partial charge in [0.1, 0.15) is 5.82 Å². The molecule has 2 aromatic rings. The predicted octanol–water partition coefficient (Wildman–Crippen LogP) is 1.77. The smallest absolute Gasteiger partial charge is 0.124 e. The Balaban J connectivity index is 2.16. The fourth-order valence-electron chi connectivity index (χ4n) is 1.87. The average molecular weight is 230 g/mol. The maximum absolute atomic E-state index is 5.57. The molecule has 1 aromatic carbocycles. The summed E-state index contributed by atoms with van der Waals surface area (Å²) < 4.78 is 0. The van der Waals surface area contributed by atoms with Crippen molar-refractivity contribution in [2.75, 3.05) is 0 Å². The van der Waals surface area contributed by atoms with Crippen LogP contribution >= 0.6 is 0 Å². The molecule has 0 amide bonds. The number of aryl methyl sites for hydroxylation is 2. The third-order valence-electron chi connectivity index (χ3n) is 3.06. The first-order valence-electron chi connectivity index (χ1n) is 5.72. The van der Waals surface area contributed by atoms with Crippen LogP contribution in [0.15, 0.2) is 30.6 Å². The number of H-pyrrole nitrogens is 1. The number of hydrogen-bond donors (Lipinski definition) is 3. The minimum Gasteiger partial charge on any atom is -0.347 e. The number of hydrazine groups is 1. The summed E-state index contributed by atoms with van der Waals surface area (Å²) >= 11 is 0. The Kier molecular flexibility index (Phi) is 3.56. The van der Waals surface area contributed by atoms with E-state index in [-0.39, 0.29) is 6.04 Å². The molecule has 0 fully saturated rings. The van der Waals surface area contributed by atoms with Gasteiger partial charge in [-0.25, -0.2) is 10.4 Å². The summed E-state index contributed by atoms with van der Waals surface area (Å²) in [5, 5.41) is 0. The van der Waals surface area contributed by atoms with E-state index in [0.717, 1.165) is 12.2 Å². The highest BCUT2D eigenvalue weighted by Gasteiger charge is 2.12. The molecule has 4 heteroatoms. The SMILES string of the molecule is Cc1ccc(CC(NN)c2ncc[nH]2)cc1C. The van der Waals surface area contributed by atoms with Gasteiger partial charge in [0.25, 0.3) is 0 Å². The minimum atomic E-state index is 0.0205. The monoisotopic (exact) mass is 230 g/mol. The Labute approximate surface area is 101 Å². The van der Waals surface area contributed by atoms with Gasteiger partial charge >= 0.3 is 0 Å². The number of imidazole rings is 1. The zero-order valence-corrected chi connectivity index (χ0v) is 10.2. The van der Waals surface area contributed by atoms with Gasteiger partial charge in [-0.1, -0.05) is 18.2 Å². The summed E-state index contributed by atoms with van der Waals surface area (Å²) in [5.74, 6) is 6.44. The Bertz CT molecular complexity index is 476. The summed E-state index contributed by atoms with van der Waals surface area (Å²) in [6, 6.07) is 6.49. The maximum Gasteiger partial charge on any atom is 0.124 e. The van der Waals surface area contributed by atoms with Gasteiger partial charge in [0.05, 0.1) is 6.04 Å². The molecule has 0 bridgehead atoms. The van der Waals surface area contributed by atoms with E-state index < -0.39 is 0 Å². The Hall–Kier alpha value is -1.65. The minimum absolute atomic E-state index is 0.0205. The van der Waals surface area contributed by atoms with Gasteiger partial charge in [-0.2, -0.15) is 0 Å². The van der Waals surface area contributed by atoms with Crippen molar-refractivity contribution < 1.29 is 0 Å². The number of benzene rings is 1. The molecular formula is C13H18N4. The van der Waals surface area contributed by atoms with Crippen molar-refractivity contribution in [3.8, 4) is 0 Å². The van der Waals surface area contributed by atoms with Gasteiger partial charge in [-0.3, -0.25) is 5.84 Å². The molecule has 4 N–H and O–H groups in total. The van der Waals surface area contributed by atoms with Gasteiger partial charge < -0.3 is 4.98 Å². The van der Waals surface area contributed by atoms with Crippen molar-refractivity contribution >= 4 is 0 Å². The molecule has 0 aliphatic heterocycles. The van der Waals surface area contributed by atoms with Crippen LogP contribution in [0.3, 0.4) is 0 Å². The second-order valence-corrected chi connectivity index (χ2v) is 4.32. The van der Waals surface area contributed by atoms with Crippen LogP contribution < -0.4 is 11.3 Å². The van der Waals surface area contributed by atoms with E-state index in [2.05, 4.69) is 47.4 Å². The highest BCUT2D eigenvalue weighted by atomic mass is 15.2. The number of nitrogens with two attached hydrogens (primary N) is 1. The van der Waals surface area contributed by atoms with Crippen molar-refractivity contribution in [3.63, 3.8) is 0 Å². The van der Waals surface area contributed by atoms with E-state index in [1.807, 2.05) is 0 Å². The third-order valence-corrected chi connectivity index (χ3v) is 3.06. The van der Waals surface area contributed by atoms with Gasteiger partial charge in [0.2, 0.25) is 0 Å². The molecule has 0 saturated heterocycles. The van der Waals surface area contributed by atoms with Crippen molar-refractivity contribution in [3.05, 3.63) is 53.1 Å². The number of rotatable bonds is 4. The van der Waals surface area contributed by atoms with Crippen LogP contribution in [-0.4, -0.2) is 9.97 Å². The molecule has 0 aliphatic carbocycles. The molecule has 1 aromatic heterocycles. The predicted molar refractivity (Wildman–Crippen MR) is 68.3 cm³/mol. The Morgan fingerprint density at radius 3 is 2.76 bits per heavy atom. The molecule has 0 spiro atoms. The van der Waals surface area contributed by atoms with E-state index in [9.17, 15) is 0 Å². The fourth-order valence-corrected chi connectivity index (χ4v) is 1.87. The molecule has 2 rings (SSSR count). The highest BCUT2D eigenvalue weighted by molar-refractivity contribution is 5.30. The highest BCUT2D eigenvalue weighted by Crippen LogP contribution is 2.16. The quantitative estimate of drug-likeness (QED) is 0.554. The summed E-state index contributed by atoms with van der Waals surface area (Å²) in [7, 11) is 0. The van der Waals surface area contributed by atoms with E-state index in [1.54, 1.807) is 12.4 Å². The van der Waals surface area contributed by atoms with Crippen molar-refractivity contribution in [1.82, 2.24) is 15.4 Å². The number of nitrogens with one attached hydrogen (secondary N) is 2. The first kappa shape index (κ1) is 11.8. The zero-order chi connectivity index (χ0) is 12.3. The van der Waals surface area contributed by atoms with Crippen molar-refractivity contribution in [2.24, 2.45) is 5.84 Å². The largest absolute Gasteiger partial charge is 0.347 e. The summed E-state index contributed by atoms with van der Waals surface area (Å²) in [5.41, 5.74) is 6.66. The molecule has 1 unspecified atom stereocenters. The van der Waals surface area contributed by atoms with Crippen LogP contribution in [0.25, 0.3) is 0 Å². The normalized spacial score (nSPS) is 12.6. The van der Waals surface area contributed by atoms with Gasteiger partial charge in [-0.05, 0) is 37.0 Å². The first-order valence-corrected chi connectivity index (χ1v) is 5.72. The Morgan fingerprint density at radius 1 is 1.35 bits per heavy atom. The zero-order valence-electron chi connectivity index (χ0n) is 10.2. The molecule has 0 aliphatic rings. The van der Waals surface area contributed by atoms with E-state index in [1.165, 1.54) is 16.7 Å². The molecule has 17 heavy (non-hydrogen) atoms. The molecule has 0 radical (unpaired) electrons. The second kappa shape index (κ2) is 5.12. The molecule has 4 nitrogen and oxygen atoms in total.